The molecule has 3 rings (SSSR count). The van der Waals surface area contributed by atoms with Gasteiger partial charge in [0.25, 0.3) is 0 Å². The monoisotopic (exact) mass is 270 g/mol. The molecule has 0 aromatic heterocycles. The van der Waals surface area contributed by atoms with Crippen molar-refractivity contribution in [2.24, 2.45) is 0 Å². The van der Waals surface area contributed by atoms with Crippen molar-refractivity contribution in [2.75, 3.05) is 18.4 Å². The first-order valence-electron chi connectivity index (χ1n) is 6.66. The molecule has 2 aliphatic rings. The van der Waals surface area contributed by atoms with E-state index in [1.54, 1.807) is 4.90 Å². The third-order valence-electron chi connectivity index (χ3n) is 3.74. The number of anilines is 1. The normalized spacial score (nSPS) is 22.4. The van der Waals surface area contributed by atoms with Crippen LogP contribution in [0.25, 0.3) is 0 Å². The van der Waals surface area contributed by atoms with Crippen LogP contribution >= 0.6 is 0 Å². The number of nitrogens with one attached hydrogen (secondary N) is 1. The largest absolute Gasteiger partial charge is 0.401 e. The van der Waals surface area contributed by atoms with Crippen LogP contribution in [0.2, 0.25) is 0 Å². The Hall–Kier alpha value is -1.23. The van der Waals surface area contributed by atoms with Crippen molar-refractivity contribution in [3.8, 4) is 0 Å². The summed E-state index contributed by atoms with van der Waals surface area (Å²) in [4.78, 5) is 1.59. The maximum absolute atomic E-state index is 12.6. The second kappa shape index (κ2) is 4.71. The molecule has 1 atom stereocenters. The molecule has 1 aromatic carbocycles. The van der Waals surface area contributed by atoms with Crippen LogP contribution in [-0.4, -0.2) is 36.2 Å². The number of benzene rings is 1. The third kappa shape index (κ3) is 3.21. The van der Waals surface area contributed by atoms with Gasteiger partial charge in [0.05, 0.1) is 6.54 Å². The highest BCUT2D eigenvalue weighted by Gasteiger charge is 2.39. The summed E-state index contributed by atoms with van der Waals surface area (Å²) in [7, 11) is 0. The highest BCUT2D eigenvalue weighted by molar-refractivity contribution is 5.56. The molecule has 0 amide bonds. The van der Waals surface area contributed by atoms with Gasteiger partial charge in [-0.3, -0.25) is 4.90 Å². The van der Waals surface area contributed by atoms with Crippen molar-refractivity contribution in [2.45, 2.75) is 37.5 Å². The Morgan fingerprint density at radius 1 is 1.21 bits per heavy atom. The molecular formula is C14H17F3N2. The molecule has 1 aromatic rings. The molecule has 1 fully saturated rings. The van der Waals surface area contributed by atoms with Gasteiger partial charge in [-0.05, 0) is 30.9 Å². The fourth-order valence-electron chi connectivity index (χ4n) is 2.78. The summed E-state index contributed by atoms with van der Waals surface area (Å²) in [6.07, 6.45) is -1.49. The minimum absolute atomic E-state index is 0.0975. The maximum atomic E-state index is 12.6. The van der Waals surface area contributed by atoms with E-state index in [1.807, 2.05) is 24.3 Å². The van der Waals surface area contributed by atoms with Gasteiger partial charge in [-0.15, -0.1) is 0 Å². The molecule has 1 unspecified atom stereocenters. The lowest BCUT2D eigenvalue weighted by molar-refractivity contribution is -0.147. The van der Waals surface area contributed by atoms with Crippen LogP contribution in [0.4, 0.5) is 18.9 Å². The van der Waals surface area contributed by atoms with Crippen LogP contribution < -0.4 is 5.32 Å². The van der Waals surface area contributed by atoms with E-state index in [2.05, 4.69) is 5.32 Å². The number of rotatable bonds is 4. The Balaban J connectivity index is 1.62. The highest BCUT2D eigenvalue weighted by Crippen LogP contribution is 2.32. The van der Waals surface area contributed by atoms with Gasteiger partial charge in [-0.25, -0.2) is 0 Å². The van der Waals surface area contributed by atoms with Crippen molar-refractivity contribution in [3.05, 3.63) is 29.8 Å². The summed E-state index contributed by atoms with van der Waals surface area (Å²) in [5.74, 6) is 0. The highest BCUT2D eigenvalue weighted by atomic mass is 19.4. The van der Waals surface area contributed by atoms with E-state index in [-0.39, 0.29) is 12.1 Å². The lowest BCUT2D eigenvalue weighted by atomic mass is 10.1. The van der Waals surface area contributed by atoms with Crippen LogP contribution in [0.1, 0.15) is 18.4 Å². The lowest BCUT2D eigenvalue weighted by Gasteiger charge is -2.26. The summed E-state index contributed by atoms with van der Waals surface area (Å²) in [6, 6.07) is 8.17. The van der Waals surface area contributed by atoms with Crippen LogP contribution in [0.3, 0.4) is 0 Å². The molecule has 0 bridgehead atoms. The average Bonchev–Trinajstić information content (AvgIpc) is 3.07. The molecule has 104 valence electrons. The van der Waals surface area contributed by atoms with Crippen molar-refractivity contribution >= 4 is 5.69 Å². The third-order valence-corrected chi connectivity index (χ3v) is 3.74. The topological polar surface area (TPSA) is 15.3 Å². The Kier molecular flexibility index (Phi) is 3.17. The standard InChI is InChI=1S/C14H17F3N2/c15-14(16,17)9-19(12-5-6-12)8-11-7-10-3-1-2-4-13(10)18-11/h1-4,11-12,18H,5-9H2. The number of para-hydroxylation sites is 1. The van der Waals surface area contributed by atoms with Crippen molar-refractivity contribution in [1.82, 2.24) is 4.90 Å². The first-order chi connectivity index (χ1) is 9.01. The van der Waals surface area contributed by atoms with Crippen LogP contribution in [0, 0.1) is 0 Å². The summed E-state index contributed by atoms with van der Waals surface area (Å²) >= 11 is 0. The van der Waals surface area contributed by atoms with Crippen LogP contribution in [0.15, 0.2) is 24.3 Å². The maximum Gasteiger partial charge on any atom is 0.401 e. The molecule has 1 heterocycles. The van der Waals surface area contributed by atoms with Gasteiger partial charge >= 0.3 is 6.18 Å². The van der Waals surface area contributed by atoms with E-state index in [1.165, 1.54) is 5.56 Å². The number of hydrogen-bond donors (Lipinski definition) is 1. The Bertz CT molecular complexity index is 429. The summed E-state index contributed by atoms with van der Waals surface area (Å²) in [5, 5.41) is 3.32. The number of alkyl halides is 3. The van der Waals surface area contributed by atoms with Crippen molar-refractivity contribution in [3.63, 3.8) is 0 Å². The number of fused-ring (bicyclic) bond motifs is 1. The molecule has 0 saturated heterocycles. The zero-order valence-corrected chi connectivity index (χ0v) is 10.6. The smallest absolute Gasteiger partial charge is 0.380 e. The molecule has 1 saturated carbocycles. The molecule has 19 heavy (non-hydrogen) atoms. The molecule has 0 radical (unpaired) electrons. The van der Waals surface area contributed by atoms with Crippen molar-refractivity contribution in [1.29, 1.82) is 0 Å². The quantitative estimate of drug-likeness (QED) is 0.904. The Morgan fingerprint density at radius 3 is 2.58 bits per heavy atom. The van der Waals surface area contributed by atoms with Gasteiger partial charge < -0.3 is 5.32 Å². The van der Waals surface area contributed by atoms with Gasteiger partial charge in [0, 0.05) is 24.3 Å². The molecule has 5 heteroatoms. The fraction of sp³-hybridized carbons (Fsp3) is 0.571. The SMILES string of the molecule is FC(F)(F)CN(CC1Cc2ccccc2N1)C1CC1. The summed E-state index contributed by atoms with van der Waals surface area (Å²) < 4.78 is 37.7. The number of nitrogens with zero attached hydrogens (tertiary/aromatic N) is 1. The van der Waals surface area contributed by atoms with Gasteiger partial charge in [0.1, 0.15) is 0 Å². The van der Waals surface area contributed by atoms with Crippen molar-refractivity contribution < 1.29 is 13.2 Å². The zero-order valence-electron chi connectivity index (χ0n) is 10.6. The minimum atomic E-state index is -4.10. The predicted octanol–water partition coefficient (Wildman–Crippen LogP) is 3.05. The second-order valence-electron chi connectivity index (χ2n) is 5.48. The molecule has 1 aliphatic carbocycles. The first-order valence-corrected chi connectivity index (χ1v) is 6.66. The van der Waals surface area contributed by atoms with Crippen LogP contribution in [-0.2, 0) is 6.42 Å². The summed E-state index contributed by atoms with van der Waals surface area (Å²) in [5.41, 5.74) is 2.27. The first kappa shape index (κ1) is 12.8. The zero-order chi connectivity index (χ0) is 13.5. The lowest BCUT2D eigenvalue weighted by Crippen LogP contribution is -2.42. The van der Waals surface area contributed by atoms with Crippen LogP contribution in [0.5, 0.6) is 0 Å². The van der Waals surface area contributed by atoms with Gasteiger partial charge in [-0.2, -0.15) is 13.2 Å². The van der Waals surface area contributed by atoms with E-state index in [4.69, 9.17) is 0 Å². The van der Waals surface area contributed by atoms with Gasteiger partial charge in [0.15, 0.2) is 0 Å². The molecule has 1 aliphatic heterocycles. The molecule has 0 spiro atoms. The van der Waals surface area contributed by atoms with E-state index < -0.39 is 12.7 Å². The molecular weight excluding hydrogens is 253 g/mol. The van der Waals surface area contributed by atoms with E-state index in [0.717, 1.165) is 24.9 Å². The minimum Gasteiger partial charge on any atom is -0.380 e. The number of hydrogen-bond acceptors (Lipinski definition) is 2. The van der Waals surface area contributed by atoms with E-state index in [0.29, 0.717) is 6.54 Å². The van der Waals surface area contributed by atoms with E-state index >= 15 is 0 Å². The fourth-order valence-corrected chi connectivity index (χ4v) is 2.78. The Labute approximate surface area is 110 Å². The summed E-state index contributed by atoms with van der Waals surface area (Å²) in [6.45, 7) is -0.314. The Morgan fingerprint density at radius 2 is 1.95 bits per heavy atom. The number of halogens is 3. The van der Waals surface area contributed by atoms with Gasteiger partial charge in [0.2, 0.25) is 0 Å². The molecule has 1 N–H and O–H groups in total. The average molecular weight is 270 g/mol. The molecule has 2 nitrogen and oxygen atoms in total. The van der Waals surface area contributed by atoms with Gasteiger partial charge in [-0.1, -0.05) is 18.2 Å². The van der Waals surface area contributed by atoms with E-state index in [9.17, 15) is 13.2 Å². The second-order valence-corrected chi connectivity index (χ2v) is 5.48. The predicted molar refractivity (Wildman–Crippen MR) is 68.2 cm³/mol.